The van der Waals surface area contributed by atoms with E-state index in [4.69, 9.17) is 18.9 Å². The average molecular weight is 443 g/mol. The second-order valence-electron chi connectivity index (χ2n) is 6.62. The van der Waals surface area contributed by atoms with Crippen molar-refractivity contribution < 1.29 is 33.3 Å². The van der Waals surface area contributed by atoms with E-state index >= 15 is 0 Å². The number of hydrogen-bond acceptors (Lipinski definition) is 7. The van der Waals surface area contributed by atoms with Gasteiger partial charge in [0.25, 0.3) is 5.91 Å². The molecule has 2 rings (SSSR count). The zero-order valence-electron chi connectivity index (χ0n) is 18.6. The molecule has 0 unspecified atom stereocenters. The summed E-state index contributed by atoms with van der Waals surface area (Å²) in [5.41, 5.74) is 0.975. The van der Waals surface area contributed by atoms with Gasteiger partial charge in [-0.1, -0.05) is 0 Å². The number of ether oxygens (including phenoxy) is 4. The van der Waals surface area contributed by atoms with E-state index in [0.717, 1.165) is 0 Å². The van der Waals surface area contributed by atoms with E-state index in [-0.39, 0.29) is 18.6 Å². The van der Waals surface area contributed by atoms with E-state index in [1.54, 1.807) is 42.5 Å². The number of carbonyl (C=O) groups is 3. The Balaban J connectivity index is 1.78. The third-order valence-electron chi connectivity index (χ3n) is 4.23. The normalized spacial score (nSPS) is 10.2. The third-order valence-corrected chi connectivity index (χ3v) is 4.23. The predicted molar refractivity (Wildman–Crippen MR) is 120 cm³/mol. The number of ketones is 1. The van der Waals surface area contributed by atoms with Gasteiger partial charge in [0.05, 0.1) is 26.2 Å². The van der Waals surface area contributed by atoms with Crippen LogP contribution in [-0.4, -0.2) is 44.1 Å². The molecule has 0 saturated carbocycles. The molecule has 0 aliphatic heterocycles. The Morgan fingerprint density at radius 1 is 0.781 bits per heavy atom. The van der Waals surface area contributed by atoms with Crippen molar-refractivity contribution in [3.8, 4) is 17.2 Å². The zero-order chi connectivity index (χ0) is 23.3. The lowest BCUT2D eigenvalue weighted by Gasteiger charge is -2.13. The van der Waals surface area contributed by atoms with Crippen molar-refractivity contribution in [2.45, 2.75) is 33.6 Å². The van der Waals surface area contributed by atoms with E-state index < -0.39 is 18.5 Å². The van der Waals surface area contributed by atoms with E-state index in [9.17, 15) is 14.4 Å². The maximum Gasteiger partial charge on any atom is 0.306 e. The largest absolute Gasteiger partial charge is 0.494 e. The van der Waals surface area contributed by atoms with E-state index in [2.05, 4.69) is 5.32 Å². The Morgan fingerprint density at radius 2 is 1.44 bits per heavy atom. The molecule has 1 amide bonds. The van der Waals surface area contributed by atoms with Crippen molar-refractivity contribution in [2.75, 3.05) is 31.7 Å². The standard InChI is InChI=1S/C24H29NO7/c1-4-29-19-10-7-17(8-11-19)20(26)12-14-24(28)32-16-23(27)25-18-9-13-21(30-5-2)22(15-18)31-6-3/h7-11,13,15H,4-6,12,14,16H2,1-3H3,(H,25,27). The van der Waals surface area contributed by atoms with Crippen molar-refractivity contribution in [1.29, 1.82) is 0 Å². The Bertz CT molecular complexity index is 909. The Kier molecular flexibility index (Phi) is 10.0. The summed E-state index contributed by atoms with van der Waals surface area (Å²) in [7, 11) is 0. The number of anilines is 1. The molecule has 0 radical (unpaired) electrons. The molecule has 0 bridgehead atoms. The van der Waals surface area contributed by atoms with Crippen LogP contribution in [0.3, 0.4) is 0 Å². The van der Waals surface area contributed by atoms with Crippen LogP contribution >= 0.6 is 0 Å². The van der Waals surface area contributed by atoms with Crippen molar-refractivity contribution in [2.24, 2.45) is 0 Å². The van der Waals surface area contributed by atoms with Crippen LogP contribution in [0.25, 0.3) is 0 Å². The first-order chi connectivity index (χ1) is 15.5. The van der Waals surface area contributed by atoms with E-state index in [1.807, 2.05) is 20.8 Å². The molecule has 8 nitrogen and oxygen atoms in total. The second-order valence-corrected chi connectivity index (χ2v) is 6.62. The van der Waals surface area contributed by atoms with Gasteiger partial charge in [0.15, 0.2) is 23.9 Å². The minimum absolute atomic E-state index is 0.00889. The highest BCUT2D eigenvalue weighted by molar-refractivity contribution is 5.98. The molecule has 0 fully saturated rings. The quantitative estimate of drug-likeness (QED) is 0.368. The van der Waals surface area contributed by atoms with Gasteiger partial charge in [-0.05, 0) is 57.2 Å². The summed E-state index contributed by atoms with van der Waals surface area (Å²) in [5.74, 6) is 0.458. The Hall–Kier alpha value is -3.55. The highest BCUT2D eigenvalue weighted by atomic mass is 16.5. The Labute approximate surface area is 187 Å². The van der Waals surface area contributed by atoms with E-state index in [1.165, 1.54) is 0 Å². The van der Waals surface area contributed by atoms with Gasteiger partial charge in [0.1, 0.15) is 5.75 Å². The van der Waals surface area contributed by atoms with Gasteiger partial charge >= 0.3 is 5.97 Å². The van der Waals surface area contributed by atoms with Crippen LogP contribution in [-0.2, 0) is 14.3 Å². The van der Waals surface area contributed by atoms with Gasteiger partial charge in [0.2, 0.25) is 0 Å². The molecular weight excluding hydrogens is 414 g/mol. The average Bonchev–Trinajstić information content (AvgIpc) is 2.79. The molecule has 0 saturated heterocycles. The maximum atomic E-state index is 12.2. The van der Waals surface area contributed by atoms with Gasteiger partial charge in [-0.2, -0.15) is 0 Å². The first-order valence-corrected chi connectivity index (χ1v) is 10.6. The fraction of sp³-hybridized carbons (Fsp3) is 0.375. The Morgan fingerprint density at radius 3 is 2.09 bits per heavy atom. The molecule has 0 spiro atoms. The first kappa shape index (κ1) is 24.7. The summed E-state index contributed by atoms with van der Waals surface area (Å²) >= 11 is 0. The first-order valence-electron chi connectivity index (χ1n) is 10.6. The molecule has 0 heterocycles. The summed E-state index contributed by atoms with van der Waals surface area (Å²) in [6.45, 7) is 6.62. The number of amides is 1. The number of esters is 1. The fourth-order valence-corrected chi connectivity index (χ4v) is 2.81. The SMILES string of the molecule is CCOc1ccc(C(=O)CCC(=O)OCC(=O)Nc2ccc(OCC)c(OCC)c2)cc1. The number of Topliss-reactive ketones (excluding diaryl/α,β-unsaturated/α-hetero) is 1. The highest BCUT2D eigenvalue weighted by Gasteiger charge is 2.13. The summed E-state index contributed by atoms with van der Waals surface area (Å²) in [5, 5.41) is 2.64. The highest BCUT2D eigenvalue weighted by Crippen LogP contribution is 2.30. The molecule has 8 heteroatoms. The lowest BCUT2D eigenvalue weighted by Crippen LogP contribution is -2.21. The molecular formula is C24H29NO7. The molecule has 2 aromatic rings. The van der Waals surface area contributed by atoms with Gasteiger partial charge in [-0.15, -0.1) is 0 Å². The minimum atomic E-state index is -0.624. The van der Waals surface area contributed by atoms with Crippen molar-refractivity contribution in [3.05, 3.63) is 48.0 Å². The summed E-state index contributed by atoms with van der Waals surface area (Å²) in [6, 6.07) is 11.7. The van der Waals surface area contributed by atoms with Crippen LogP contribution in [0.15, 0.2) is 42.5 Å². The maximum absolute atomic E-state index is 12.2. The number of hydrogen-bond donors (Lipinski definition) is 1. The summed E-state index contributed by atoms with van der Waals surface area (Å²) < 4.78 is 21.3. The fourth-order valence-electron chi connectivity index (χ4n) is 2.81. The lowest BCUT2D eigenvalue weighted by atomic mass is 10.1. The van der Waals surface area contributed by atoms with Crippen LogP contribution in [0.4, 0.5) is 5.69 Å². The molecule has 1 N–H and O–H groups in total. The smallest absolute Gasteiger partial charge is 0.306 e. The minimum Gasteiger partial charge on any atom is -0.494 e. The topological polar surface area (TPSA) is 100 Å². The van der Waals surface area contributed by atoms with Crippen LogP contribution in [0, 0.1) is 0 Å². The number of benzene rings is 2. The predicted octanol–water partition coefficient (Wildman–Crippen LogP) is 4.03. The number of carbonyl (C=O) groups excluding carboxylic acids is 3. The van der Waals surface area contributed by atoms with Crippen molar-refractivity contribution in [3.63, 3.8) is 0 Å². The van der Waals surface area contributed by atoms with Crippen LogP contribution in [0.5, 0.6) is 17.2 Å². The second kappa shape index (κ2) is 13.0. The molecule has 172 valence electrons. The van der Waals surface area contributed by atoms with E-state index in [0.29, 0.717) is 48.3 Å². The lowest BCUT2D eigenvalue weighted by molar-refractivity contribution is -0.147. The van der Waals surface area contributed by atoms with Gasteiger partial charge in [-0.3, -0.25) is 14.4 Å². The molecule has 2 aromatic carbocycles. The van der Waals surface area contributed by atoms with Crippen molar-refractivity contribution in [1.82, 2.24) is 0 Å². The van der Waals surface area contributed by atoms with Crippen LogP contribution in [0.1, 0.15) is 44.0 Å². The monoisotopic (exact) mass is 443 g/mol. The molecule has 0 aliphatic carbocycles. The molecule has 0 aliphatic rings. The van der Waals surface area contributed by atoms with Gasteiger partial charge < -0.3 is 24.3 Å². The van der Waals surface area contributed by atoms with Gasteiger partial charge in [0, 0.05) is 23.7 Å². The third kappa shape index (κ3) is 7.94. The summed E-state index contributed by atoms with van der Waals surface area (Å²) in [6.07, 6.45) is -0.123. The molecule has 0 aromatic heterocycles. The van der Waals surface area contributed by atoms with Gasteiger partial charge in [-0.25, -0.2) is 0 Å². The summed E-state index contributed by atoms with van der Waals surface area (Å²) in [4.78, 5) is 36.2. The van der Waals surface area contributed by atoms with Crippen molar-refractivity contribution >= 4 is 23.3 Å². The van der Waals surface area contributed by atoms with Crippen LogP contribution < -0.4 is 19.5 Å². The zero-order valence-corrected chi connectivity index (χ0v) is 18.6. The molecule has 32 heavy (non-hydrogen) atoms. The number of rotatable bonds is 13. The number of nitrogens with one attached hydrogen (secondary N) is 1. The molecule has 0 atom stereocenters. The van der Waals surface area contributed by atoms with Crippen LogP contribution in [0.2, 0.25) is 0 Å².